The van der Waals surface area contributed by atoms with E-state index in [-0.39, 0.29) is 0 Å². The second-order valence-electron chi connectivity index (χ2n) is 10.6. The Kier molecular flexibility index (Phi) is 18.6. The zero-order chi connectivity index (χ0) is 21.8. The second kappa shape index (κ2) is 18.7. The molecule has 29 heavy (non-hydrogen) atoms. The minimum atomic E-state index is -1.52. The van der Waals surface area contributed by atoms with Crippen LogP contribution in [0.3, 0.4) is 0 Å². The quantitative estimate of drug-likeness (QED) is 0.107. The van der Waals surface area contributed by atoms with Gasteiger partial charge in [0.15, 0.2) is 8.32 Å². The lowest BCUT2D eigenvalue weighted by molar-refractivity contribution is 0.277. The summed E-state index contributed by atoms with van der Waals surface area (Å²) in [5, 5.41) is 0.344. The molecule has 0 heterocycles. The molecule has 0 aliphatic carbocycles. The van der Waals surface area contributed by atoms with E-state index >= 15 is 0 Å². The Labute approximate surface area is 186 Å². The van der Waals surface area contributed by atoms with E-state index in [4.69, 9.17) is 4.43 Å². The molecule has 0 N–H and O–H groups in total. The van der Waals surface area contributed by atoms with Gasteiger partial charge < -0.3 is 4.43 Å². The summed E-state index contributed by atoms with van der Waals surface area (Å²) in [6, 6.07) is 0. The molecule has 0 spiro atoms. The van der Waals surface area contributed by atoms with Crippen molar-refractivity contribution < 1.29 is 4.43 Å². The minimum absolute atomic E-state index is 0.344. The first-order valence-corrected chi connectivity index (χ1v) is 16.0. The number of allylic oxidation sites excluding steroid dienone is 2. The largest absolute Gasteiger partial charge is 0.417 e. The predicted molar refractivity (Wildman–Crippen MR) is 136 cm³/mol. The number of hydrogen-bond donors (Lipinski definition) is 0. The number of unbranched alkanes of at least 4 members (excludes halogenated alkanes) is 15. The monoisotopic (exact) mass is 424 g/mol. The number of hydrogen-bond acceptors (Lipinski definition) is 1. The maximum absolute atomic E-state index is 6.26. The highest BCUT2D eigenvalue weighted by Crippen LogP contribution is 2.36. The average molecular weight is 425 g/mol. The van der Waals surface area contributed by atoms with E-state index < -0.39 is 8.32 Å². The first-order valence-electron chi connectivity index (χ1n) is 13.1. The third-order valence-corrected chi connectivity index (χ3v) is 11.2. The molecule has 174 valence electrons. The molecule has 0 atom stereocenters. The van der Waals surface area contributed by atoms with Crippen molar-refractivity contribution in [3.8, 4) is 0 Å². The molecule has 0 bridgehead atoms. The van der Waals surface area contributed by atoms with Gasteiger partial charge in [0.25, 0.3) is 0 Å². The summed E-state index contributed by atoms with van der Waals surface area (Å²) in [6.45, 7) is 15.0. The van der Waals surface area contributed by atoms with E-state index in [1.165, 1.54) is 109 Å². The summed E-state index contributed by atoms with van der Waals surface area (Å²) in [5.74, 6) is 0. The lowest BCUT2D eigenvalue weighted by Gasteiger charge is -2.36. The Morgan fingerprint density at radius 1 is 0.586 bits per heavy atom. The van der Waals surface area contributed by atoms with Crippen LogP contribution in [0.1, 0.15) is 137 Å². The average Bonchev–Trinajstić information content (AvgIpc) is 2.65. The van der Waals surface area contributed by atoms with E-state index in [9.17, 15) is 0 Å². The van der Waals surface area contributed by atoms with Crippen molar-refractivity contribution in [1.82, 2.24) is 0 Å². The Balaban J connectivity index is 3.24. The molecule has 0 aliphatic heterocycles. The van der Waals surface area contributed by atoms with Crippen LogP contribution in [-0.4, -0.2) is 14.9 Å². The zero-order valence-corrected chi connectivity index (χ0v) is 22.3. The van der Waals surface area contributed by atoms with Gasteiger partial charge >= 0.3 is 0 Å². The van der Waals surface area contributed by atoms with Gasteiger partial charge in [-0.2, -0.15) is 0 Å². The van der Waals surface area contributed by atoms with Gasteiger partial charge in [-0.15, -0.1) is 0 Å². The molecule has 0 saturated heterocycles. The third kappa shape index (κ3) is 18.4. The van der Waals surface area contributed by atoms with Crippen LogP contribution in [0.25, 0.3) is 0 Å². The highest BCUT2D eigenvalue weighted by Gasteiger charge is 2.36. The number of rotatable bonds is 20. The molecule has 0 aromatic heterocycles. The van der Waals surface area contributed by atoms with Crippen LogP contribution < -0.4 is 0 Å². The first-order chi connectivity index (χ1) is 13.8. The molecule has 1 nitrogen and oxygen atoms in total. The maximum Gasteiger partial charge on any atom is 0.191 e. The normalized spacial score (nSPS) is 12.9. The summed E-state index contributed by atoms with van der Waals surface area (Å²) in [6.07, 6.45) is 28.4. The lowest BCUT2D eigenvalue weighted by atomic mass is 10.1. The summed E-state index contributed by atoms with van der Waals surface area (Å²) >= 11 is 0. The summed E-state index contributed by atoms with van der Waals surface area (Å²) in [5.41, 5.74) is 0. The molecule has 0 aromatic carbocycles. The molecular weight excluding hydrogens is 368 g/mol. The second-order valence-corrected chi connectivity index (χ2v) is 15.4. The Morgan fingerprint density at radius 2 is 0.966 bits per heavy atom. The summed E-state index contributed by atoms with van der Waals surface area (Å²) < 4.78 is 6.26. The lowest BCUT2D eigenvalue weighted by Crippen LogP contribution is -2.40. The van der Waals surface area contributed by atoms with Gasteiger partial charge in [0.1, 0.15) is 0 Å². The van der Waals surface area contributed by atoms with Gasteiger partial charge in [-0.05, 0) is 50.2 Å². The highest BCUT2D eigenvalue weighted by atomic mass is 28.4. The smallest absolute Gasteiger partial charge is 0.191 e. The summed E-state index contributed by atoms with van der Waals surface area (Å²) in [7, 11) is -1.52. The molecule has 0 aliphatic rings. The van der Waals surface area contributed by atoms with Gasteiger partial charge in [-0.3, -0.25) is 0 Å². The van der Waals surface area contributed by atoms with Crippen molar-refractivity contribution in [2.24, 2.45) is 0 Å². The molecule has 0 rings (SSSR count). The fourth-order valence-corrected chi connectivity index (χ4v) is 4.51. The standard InChI is InChI=1S/C27H56OSi/c1-7-8-9-10-11-12-13-14-15-16-17-18-19-20-21-22-23-24-25-26-28-29(5,6)27(2,3)4/h13-14H,7-12,15-26H2,1-6H3/b14-13-. The van der Waals surface area contributed by atoms with Crippen molar-refractivity contribution in [1.29, 1.82) is 0 Å². The van der Waals surface area contributed by atoms with Gasteiger partial charge in [0, 0.05) is 6.61 Å². The van der Waals surface area contributed by atoms with Crippen molar-refractivity contribution in [3.05, 3.63) is 12.2 Å². The molecule has 0 amide bonds. The molecule has 2 heteroatoms. The Bertz CT molecular complexity index is 367. The van der Waals surface area contributed by atoms with Crippen molar-refractivity contribution in [2.45, 2.75) is 155 Å². The highest BCUT2D eigenvalue weighted by molar-refractivity contribution is 6.74. The Hall–Kier alpha value is -0.0831. The molecule has 0 aromatic rings. The minimum Gasteiger partial charge on any atom is -0.417 e. The predicted octanol–water partition coefficient (Wildman–Crippen LogP) is 10.2. The van der Waals surface area contributed by atoms with Gasteiger partial charge in [-0.25, -0.2) is 0 Å². The van der Waals surface area contributed by atoms with E-state index in [1.807, 2.05) is 0 Å². The molecule has 0 fully saturated rings. The molecule has 0 saturated carbocycles. The van der Waals surface area contributed by atoms with E-state index in [2.05, 4.69) is 52.9 Å². The fraction of sp³-hybridized carbons (Fsp3) is 0.926. The topological polar surface area (TPSA) is 9.23 Å². The van der Waals surface area contributed by atoms with E-state index in [1.54, 1.807) is 0 Å². The van der Waals surface area contributed by atoms with Gasteiger partial charge in [0.2, 0.25) is 0 Å². The van der Waals surface area contributed by atoms with E-state index in [0.717, 1.165) is 6.61 Å². The Morgan fingerprint density at radius 3 is 1.38 bits per heavy atom. The van der Waals surface area contributed by atoms with Crippen LogP contribution in [0.2, 0.25) is 18.1 Å². The molecular formula is C27H56OSi. The van der Waals surface area contributed by atoms with Crippen LogP contribution >= 0.6 is 0 Å². The van der Waals surface area contributed by atoms with Crippen molar-refractivity contribution in [3.63, 3.8) is 0 Å². The SMILES string of the molecule is CCCCCCC/C=C\CCCCCCCCCCCCO[Si](C)(C)C(C)(C)C. The third-order valence-electron chi connectivity index (χ3n) is 6.68. The van der Waals surface area contributed by atoms with Crippen molar-refractivity contribution in [2.75, 3.05) is 6.61 Å². The maximum atomic E-state index is 6.26. The van der Waals surface area contributed by atoms with Gasteiger partial charge in [-0.1, -0.05) is 117 Å². The fourth-order valence-electron chi connectivity index (χ4n) is 3.42. The van der Waals surface area contributed by atoms with Crippen LogP contribution in [0.5, 0.6) is 0 Å². The van der Waals surface area contributed by atoms with Gasteiger partial charge in [0.05, 0.1) is 0 Å². The summed E-state index contributed by atoms with van der Waals surface area (Å²) in [4.78, 5) is 0. The zero-order valence-electron chi connectivity index (χ0n) is 21.3. The van der Waals surface area contributed by atoms with E-state index in [0.29, 0.717) is 5.04 Å². The molecule has 0 radical (unpaired) electrons. The van der Waals surface area contributed by atoms with Crippen LogP contribution in [0.4, 0.5) is 0 Å². The van der Waals surface area contributed by atoms with Crippen LogP contribution in [-0.2, 0) is 4.43 Å². The van der Waals surface area contributed by atoms with Crippen LogP contribution in [0.15, 0.2) is 12.2 Å². The van der Waals surface area contributed by atoms with Crippen LogP contribution in [0, 0.1) is 0 Å². The molecule has 0 unspecified atom stereocenters. The van der Waals surface area contributed by atoms with Crippen molar-refractivity contribution >= 4 is 8.32 Å². The first kappa shape index (κ1) is 28.9.